The zero-order chi connectivity index (χ0) is 13.7. The average Bonchev–Trinajstić information content (AvgIpc) is 2.27. The van der Waals surface area contributed by atoms with Gasteiger partial charge in [0, 0.05) is 6.54 Å². The number of aromatic carboxylic acids is 1. The van der Waals surface area contributed by atoms with Gasteiger partial charge in [0.15, 0.2) is 0 Å². The zero-order valence-corrected chi connectivity index (χ0v) is 9.59. The number of carbonyl (C=O) groups is 2. The van der Waals surface area contributed by atoms with Crippen LogP contribution in [0.5, 0.6) is 0 Å². The molecule has 5 nitrogen and oxygen atoms in total. The summed E-state index contributed by atoms with van der Waals surface area (Å²) in [6, 6.07) is 1.37. The number of halogens is 2. The Morgan fingerprint density at radius 1 is 1.28 bits per heavy atom. The number of likely N-dealkylation sites (N-methyl/N-ethyl adjacent to an activating group) is 1. The van der Waals surface area contributed by atoms with E-state index < -0.39 is 34.8 Å². The lowest BCUT2D eigenvalue weighted by Gasteiger charge is -2.09. The highest BCUT2D eigenvalue weighted by Gasteiger charge is 2.15. The van der Waals surface area contributed by atoms with Gasteiger partial charge in [-0.2, -0.15) is 0 Å². The van der Waals surface area contributed by atoms with Gasteiger partial charge in [0.1, 0.15) is 17.3 Å². The predicted molar refractivity (Wildman–Crippen MR) is 60.5 cm³/mol. The molecule has 18 heavy (non-hydrogen) atoms. The fraction of sp³-hybridized carbons (Fsp3) is 0.273. The van der Waals surface area contributed by atoms with Gasteiger partial charge in [0.05, 0.1) is 12.1 Å². The summed E-state index contributed by atoms with van der Waals surface area (Å²) in [6.45, 7) is 1.82. The van der Waals surface area contributed by atoms with Gasteiger partial charge < -0.3 is 15.7 Å². The summed E-state index contributed by atoms with van der Waals surface area (Å²) in [5.74, 6) is -3.96. The molecule has 0 spiro atoms. The summed E-state index contributed by atoms with van der Waals surface area (Å²) in [5, 5.41) is 13.3. The van der Waals surface area contributed by atoms with Gasteiger partial charge in [0.25, 0.3) is 0 Å². The summed E-state index contributed by atoms with van der Waals surface area (Å²) in [7, 11) is 0. The van der Waals surface area contributed by atoms with Crippen LogP contribution in [0, 0.1) is 11.6 Å². The Balaban J connectivity index is 2.84. The number of nitrogens with one attached hydrogen (secondary N) is 2. The minimum atomic E-state index is -1.43. The summed E-state index contributed by atoms with van der Waals surface area (Å²) in [6.07, 6.45) is 0. The number of benzene rings is 1. The third kappa shape index (κ3) is 3.41. The van der Waals surface area contributed by atoms with Crippen molar-refractivity contribution in [1.82, 2.24) is 5.32 Å². The summed E-state index contributed by atoms with van der Waals surface area (Å²) < 4.78 is 26.8. The Morgan fingerprint density at radius 2 is 1.83 bits per heavy atom. The van der Waals surface area contributed by atoms with Crippen molar-refractivity contribution in [3.05, 3.63) is 29.3 Å². The molecule has 0 aromatic heterocycles. The predicted octanol–water partition coefficient (Wildman–Crippen LogP) is 1.21. The molecule has 0 aliphatic carbocycles. The molecule has 1 rings (SSSR count). The molecule has 0 aliphatic rings. The molecule has 0 atom stereocenters. The van der Waals surface area contributed by atoms with Gasteiger partial charge >= 0.3 is 5.97 Å². The Hall–Kier alpha value is -2.18. The largest absolute Gasteiger partial charge is 0.478 e. The molecule has 0 saturated carbocycles. The maximum absolute atomic E-state index is 13.4. The average molecular weight is 258 g/mol. The highest BCUT2D eigenvalue weighted by Crippen LogP contribution is 2.20. The van der Waals surface area contributed by atoms with Crippen molar-refractivity contribution >= 4 is 17.6 Å². The fourth-order valence-electron chi connectivity index (χ4n) is 1.29. The first-order valence-electron chi connectivity index (χ1n) is 5.18. The van der Waals surface area contributed by atoms with E-state index in [0.29, 0.717) is 18.7 Å². The molecule has 0 heterocycles. The molecule has 1 aromatic carbocycles. The number of carbonyl (C=O) groups excluding carboxylic acids is 1. The second-order valence-electron chi connectivity index (χ2n) is 3.43. The van der Waals surface area contributed by atoms with Crippen LogP contribution in [0.2, 0.25) is 0 Å². The highest BCUT2D eigenvalue weighted by molar-refractivity contribution is 5.88. The highest BCUT2D eigenvalue weighted by atomic mass is 19.1. The second kappa shape index (κ2) is 5.95. The molecule has 0 bridgehead atoms. The lowest BCUT2D eigenvalue weighted by Crippen LogP contribution is -2.29. The van der Waals surface area contributed by atoms with Crippen molar-refractivity contribution in [3.8, 4) is 0 Å². The number of carboxylic acids is 1. The second-order valence-corrected chi connectivity index (χ2v) is 3.43. The van der Waals surface area contributed by atoms with Gasteiger partial charge in [-0.1, -0.05) is 0 Å². The quantitative estimate of drug-likeness (QED) is 0.741. The summed E-state index contributed by atoms with van der Waals surface area (Å²) >= 11 is 0. The molecule has 7 heteroatoms. The Morgan fingerprint density at radius 3 is 2.28 bits per heavy atom. The molecule has 3 N–H and O–H groups in total. The first-order chi connectivity index (χ1) is 8.45. The molecule has 98 valence electrons. The van der Waals surface area contributed by atoms with Crippen LogP contribution in [-0.4, -0.2) is 30.1 Å². The molecule has 0 unspecified atom stereocenters. The van der Waals surface area contributed by atoms with Crippen LogP contribution in [0.25, 0.3) is 0 Å². The Kier molecular flexibility index (Phi) is 4.59. The van der Waals surface area contributed by atoms with Crippen molar-refractivity contribution in [3.63, 3.8) is 0 Å². The van der Waals surface area contributed by atoms with Gasteiger partial charge in [-0.25, -0.2) is 13.6 Å². The van der Waals surface area contributed by atoms with E-state index in [1.807, 2.05) is 0 Å². The van der Waals surface area contributed by atoms with E-state index in [0.717, 1.165) is 0 Å². The lowest BCUT2D eigenvalue weighted by molar-refractivity contribution is -0.119. The van der Waals surface area contributed by atoms with Crippen LogP contribution in [0.1, 0.15) is 17.3 Å². The van der Waals surface area contributed by atoms with Gasteiger partial charge in [0.2, 0.25) is 5.91 Å². The maximum Gasteiger partial charge on any atom is 0.335 e. The third-order valence-corrected chi connectivity index (χ3v) is 2.09. The smallest absolute Gasteiger partial charge is 0.335 e. The van der Waals surface area contributed by atoms with E-state index in [9.17, 15) is 18.4 Å². The van der Waals surface area contributed by atoms with Crippen molar-refractivity contribution in [2.45, 2.75) is 6.92 Å². The van der Waals surface area contributed by atoms with Crippen LogP contribution < -0.4 is 10.6 Å². The standard InChI is InChI=1S/C11H12F2N2O3/c1-2-14-9(16)5-15-10-7(12)3-6(11(17)18)4-8(10)13/h3-4,15H,2,5H2,1H3,(H,14,16)(H,17,18). The number of carboxylic acid groups (broad SMARTS) is 1. The van der Waals surface area contributed by atoms with Crippen LogP contribution in [0.4, 0.5) is 14.5 Å². The van der Waals surface area contributed by atoms with Gasteiger partial charge in [-0.05, 0) is 19.1 Å². The zero-order valence-electron chi connectivity index (χ0n) is 9.59. The van der Waals surface area contributed by atoms with E-state index in [4.69, 9.17) is 5.11 Å². The monoisotopic (exact) mass is 258 g/mol. The lowest BCUT2D eigenvalue weighted by atomic mass is 10.2. The van der Waals surface area contributed by atoms with Crippen LogP contribution in [-0.2, 0) is 4.79 Å². The van der Waals surface area contributed by atoms with E-state index in [-0.39, 0.29) is 6.54 Å². The molecule has 0 aliphatic heterocycles. The molecule has 1 aromatic rings. The minimum absolute atomic E-state index is 0.298. The molecular weight excluding hydrogens is 246 g/mol. The SMILES string of the molecule is CCNC(=O)CNc1c(F)cc(C(=O)O)cc1F. The first kappa shape index (κ1) is 13.9. The van der Waals surface area contributed by atoms with Gasteiger partial charge in [-0.3, -0.25) is 4.79 Å². The summed E-state index contributed by atoms with van der Waals surface area (Å²) in [5.41, 5.74) is -1.01. The van der Waals surface area contributed by atoms with Crippen molar-refractivity contribution in [1.29, 1.82) is 0 Å². The normalized spacial score (nSPS) is 9.94. The Labute approximate surface area is 102 Å². The molecule has 0 radical (unpaired) electrons. The van der Waals surface area contributed by atoms with E-state index >= 15 is 0 Å². The summed E-state index contributed by atoms with van der Waals surface area (Å²) in [4.78, 5) is 21.7. The first-order valence-corrected chi connectivity index (χ1v) is 5.18. The molecule has 0 fully saturated rings. The number of amides is 1. The minimum Gasteiger partial charge on any atom is -0.478 e. The number of anilines is 1. The van der Waals surface area contributed by atoms with E-state index in [1.165, 1.54) is 0 Å². The van der Waals surface area contributed by atoms with Crippen molar-refractivity contribution in [2.24, 2.45) is 0 Å². The molecule has 0 saturated heterocycles. The van der Waals surface area contributed by atoms with Gasteiger partial charge in [-0.15, -0.1) is 0 Å². The van der Waals surface area contributed by atoms with Crippen LogP contribution in [0.15, 0.2) is 12.1 Å². The topological polar surface area (TPSA) is 78.4 Å². The van der Waals surface area contributed by atoms with Crippen LogP contribution >= 0.6 is 0 Å². The number of hydrogen-bond acceptors (Lipinski definition) is 3. The van der Waals surface area contributed by atoms with E-state index in [1.54, 1.807) is 6.92 Å². The van der Waals surface area contributed by atoms with Crippen molar-refractivity contribution < 1.29 is 23.5 Å². The molecular formula is C11H12F2N2O3. The Bertz CT molecular complexity index is 454. The third-order valence-electron chi connectivity index (χ3n) is 2.09. The fourth-order valence-corrected chi connectivity index (χ4v) is 1.29. The van der Waals surface area contributed by atoms with E-state index in [2.05, 4.69) is 10.6 Å². The molecule has 1 amide bonds. The van der Waals surface area contributed by atoms with Crippen LogP contribution in [0.3, 0.4) is 0 Å². The number of hydrogen-bond donors (Lipinski definition) is 3. The number of rotatable bonds is 5. The maximum atomic E-state index is 13.4. The van der Waals surface area contributed by atoms with Crippen molar-refractivity contribution in [2.75, 3.05) is 18.4 Å².